The monoisotopic (exact) mass is 254 g/mol. The van der Waals surface area contributed by atoms with Crippen LogP contribution in [0.4, 0.5) is 0 Å². The Hall–Kier alpha value is -0.380. The number of hydrogen-bond donors (Lipinski definition) is 2. The smallest absolute Gasteiger partial charge is 0.0983 e. The van der Waals surface area contributed by atoms with Crippen molar-refractivity contribution in [3.05, 3.63) is 11.6 Å². The van der Waals surface area contributed by atoms with Crippen LogP contribution in [0, 0.1) is 5.41 Å². The molecule has 0 bridgehead atoms. The first-order valence-electron chi connectivity index (χ1n) is 6.97. The first kappa shape index (κ1) is 14.0. The predicted octanol–water partition coefficient (Wildman–Crippen LogP) is 2.41. The topological polar surface area (TPSA) is 49.7 Å². The largest absolute Gasteiger partial charge is 0.390 e. The van der Waals surface area contributed by atoms with Gasteiger partial charge in [0.25, 0.3) is 0 Å². The summed E-state index contributed by atoms with van der Waals surface area (Å²) in [6.07, 6.45) is 4.38. The molecule has 1 fully saturated rings. The second kappa shape index (κ2) is 4.62. The lowest BCUT2D eigenvalue weighted by Gasteiger charge is -2.49. The third kappa shape index (κ3) is 2.63. The van der Waals surface area contributed by atoms with E-state index in [1.165, 1.54) is 5.57 Å². The van der Waals surface area contributed by atoms with E-state index < -0.39 is 12.2 Å². The van der Waals surface area contributed by atoms with Crippen molar-refractivity contribution < 1.29 is 14.9 Å². The first-order chi connectivity index (χ1) is 8.22. The Balaban J connectivity index is 2.26. The molecular formula is C15H26O3. The molecule has 2 aliphatic carbocycles. The molecule has 3 heteroatoms. The Morgan fingerprint density at radius 2 is 2.00 bits per heavy atom. The third-order valence-electron chi connectivity index (χ3n) is 4.25. The molecule has 0 aromatic carbocycles. The summed E-state index contributed by atoms with van der Waals surface area (Å²) in [6.45, 7) is 8.39. The molecule has 4 atom stereocenters. The van der Waals surface area contributed by atoms with Crippen molar-refractivity contribution in [1.29, 1.82) is 0 Å². The van der Waals surface area contributed by atoms with Crippen molar-refractivity contribution in [2.24, 2.45) is 5.41 Å². The Bertz CT molecular complexity index is 342. The average molecular weight is 254 g/mol. The van der Waals surface area contributed by atoms with E-state index in [0.29, 0.717) is 6.42 Å². The highest BCUT2D eigenvalue weighted by Crippen LogP contribution is 2.49. The summed E-state index contributed by atoms with van der Waals surface area (Å²) in [5.41, 5.74) is 0.974. The molecule has 0 spiro atoms. The summed E-state index contributed by atoms with van der Waals surface area (Å²) in [4.78, 5) is 0. The van der Waals surface area contributed by atoms with Crippen molar-refractivity contribution in [3.8, 4) is 0 Å². The summed E-state index contributed by atoms with van der Waals surface area (Å²) in [6, 6.07) is 0. The highest BCUT2D eigenvalue weighted by Gasteiger charge is 2.47. The van der Waals surface area contributed by atoms with Gasteiger partial charge in [-0.15, -0.1) is 0 Å². The van der Waals surface area contributed by atoms with Crippen molar-refractivity contribution in [2.75, 3.05) is 0 Å². The second-order valence-electron chi connectivity index (χ2n) is 6.98. The SMILES string of the molecule is CC(C)(C)O[C@H]1CCCC2=C[C@@H](O)[C@H](O)C[C@@]21C. The highest BCUT2D eigenvalue weighted by molar-refractivity contribution is 5.25. The fraction of sp³-hybridized carbons (Fsp3) is 0.867. The molecule has 3 nitrogen and oxygen atoms in total. The van der Waals surface area contributed by atoms with Crippen LogP contribution in [0.15, 0.2) is 11.6 Å². The van der Waals surface area contributed by atoms with Gasteiger partial charge < -0.3 is 14.9 Å². The van der Waals surface area contributed by atoms with E-state index in [-0.39, 0.29) is 17.1 Å². The molecule has 18 heavy (non-hydrogen) atoms. The Labute approximate surface area is 110 Å². The van der Waals surface area contributed by atoms with E-state index >= 15 is 0 Å². The Morgan fingerprint density at radius 1 is 1.33 bits per heavy atom. The summed E-state index contributed by atoms with van der Waals surface area (Å²) in [5, 5.41) is 19.7. The molecule has 0 aliphatic heterocycles. The van der Waals surface area contributed by atoms with E-state index in [1.807, 2.05) is 6.08 Å². The maximum absolute atomic E-state index is 9.95. The van der Waals surface area contributed by atoms with E-state index in [4.69, 9.17) is 4.74 Å². The Morgan fingerprint density at radius 3 is 2.61 bits per heavy atom. The molecule has 0 aromatic rings. The highest BCUT2D eigenvalue weighted by atomic mass is 16.5. The minimum Gasteiger partial charge on any atom is -0.390 e. The van der Waals surface area contributed by atoms with Gasteiger partial charge in [-0.25, -0.2) is 0 Å². The van der Waals surface area contributed by atoms with Gasteiger partial charge in [0.2, 0.25) is 0 Å². The van der Waals surface area contributed by atoms with Gasteiger partial charge in [-0.05, 0) is 46.5 Å². The zero-order valence-corrected chi connectivity index (χ0v) is 11.9. The van der Waals surface area contributed by atoms with Gasteiger partial charge in [-0.2, -0.15) is 0 Å². The minimum atomic E-state index is -0.707. The lowest BCUT2D eigenvalue weighted by atomic mass is 9.63. The van der Waals surface area contributed by atoms with Crippen LogP contribution in [0.2, 0.25) is 0 Å². The molecule has 0 radical (unpaired) electrons. The molecule has 104 valence electrons. The molecule has 0 aromatic heterocycles. The van der Waals surface area contributed by atoms with Crippen LogP contribution < -0.4 is 0 Å². The fourth-order valence-electron chi connectivity index (χ4n) is 3.31. The van der Waals surface area contributed by atoms with Gasteiger partial charge in [-0.3, -0.25) is 0 Å². The van der Waals surface area contributed by atoms with Gasteiger partial charge in [-0.1, -0.05) is 18.6 Å². The van der Waals surface area contributed by atoms with Crippen LogP contribution in [-0.2, 0) is 4.74 Å². The quantitative estimate of drug-likeness (QED) is 0.707. The lowest BCUT2D eigenvalue weighted by Crippen LogP contribution is -2.49. The second-order valence-corrected chi connectivity index (χ2v) is 6.98. The Kier molecular flexibility index (Phi) is 3.60. The number of fused-ring (bicyclic) bond motifs is 1. The maximum Gasteiger partial charge on any atom is 0.0983 e. The number of aliphatic hydroxyl groups excluding tert-OH is 2. The van der Waals surface area contributed by atoms with Gasteiger partial charge in [0.15, 0.2) is 0 Å². The minimum absolute atomic E-state index is 0.121. The van der Waals surface area contributed by atoms with Crippen LogP contribution in [0.25, 0.3) is 0 Å². The van der Waals surface area contributed by atoms with Crippen molar-refractivity contribution in [3.63, 3.8) is 0 Å². The molecule has 2 aliphatic rings. The summed E-state index contributed by atoms with van der Waals surface area (Å²) >= 11 is 0. The van der Waals surface area contributed by atoms with Crippen LogP contribution in [0.3, 0.4) is 0 Å². The maximum atomic E-state index is 9.95. The fourth-order valence-corrected chi connectivity index (χ4v) is 3.31. The van der Waals surface area contributed by atoms with E-state index in [0.717, 1.165) is 19.3 Å². The number of ether oxygens (including phenoxy) is 1. The van der Waals surface area contributed by atoms with Crippen molar-refractivity contribution in [2.45, 2.75) is 77.3 Å². The lowest BCUT2D eigenvalue weighted by molar-refractivity contribution is -0.132. The normalized spacial score (nSPS) is 41.2. The predicted molar refractivity (Wildman–Crippen MR) is 71.3 cm³/mol. The number of rotatable bonds is 1. The third-order valence-corrected chi connectivity index (χ3v) is 4.25. The van der Waals surface area contributed by atoms with Crippen LogP contribution in [0.1, 0.15) is 53.4 Å². The molecule has 1 saturated carbocycles. The van der Waals surface area contributed by atoms with Crippen molar-refractivity contribution in [1.82, 2.24) is 0 Å². The number of hydrogen-bond acceptors (Lipinski definition) is 3. The van der Waals surface area contributed by atoms with Gasteiger partial charge in [0.05, 0.1) is 23.9 Å². The van der Waals surface area contributed by atoms with E-state index in [2.05, 4.69) is 27.7 Å². The summed E-state index contributed by atoms with van der Waals surface area (Å²) in [7, 11) is 0. The average Bonchev–Trinajstić information content (AvgIpc) is 2.21. The van der Waals surface area contributed by atoms with Crippen LogP contribution in [-0.4, -0.2) is 34.1 Å². The van der Waals surface area contributed by atoms with Gasteiger partial charge in [0.1, 0.15) is 0 Å². The molecule has 2 N–H and O–H groups in total. The molecule has 2 rings (SSSR count). The molecule has 0 heterocycles. The number of aliphatic hydroxyl groups is 2. The summed E-state index contributed by atoms with van der Waals surface area (Å²) < 4.78 is 6.20. The molecule has 0 saturated heterocycles. The molecular weight excluding hydrogens is 228 g/mol. The first-order valence-corrected chi connectivity index (χ1v) is 6.97. The van der Waals surface area contributed by atoms with E-state index in [1.54, 1.807) is 0 Å². The van der Waals surface area contributed by atoms with Crippen molar-refractivity contribution >= 4 is 0 Å². The summed E-state index contributed by atoms with van der Waals surface area (Å²) in [5.74, 6) is 0. The molecule has 0 unspecified atom stereocenters. The zero-order valence-electron chi connectivity index (χ0n) is 11.9. The van der Waals surface area contributed by atoms with Gasteiger partial charge in [0, 0.05) is 5.41 Å². The zero-order chi connectivity index (χ0) is 13.6. The molecule has 0 amide bonds. The van der Waals surface area contributed by atoms with Crippen LogP contribution >= 0.6 is 0 Å². The van der Waals surface area contributed by atoms with Gasteiger partial charge >= 0.3 is 0 Å². The van der Waals surface area contributed by atoms with E-state index in [9.17, 15) is 10.2 Å². The van der Waals surface area contributed by atoms with Crippen LogP contribution in [0.5, 0.6) is 0 Å². The standard InChI is InChI=1S/C15H26O3/c1-14(2,3)18-13-7-5-6-10-8-11(16)12(17)9-15(10,13)4/h8,11-13,16-17H,5-7,9H2,1-4H3/t11-,12-,13+,15+/m1/s1.